The third kappa shape index (κ3) is 5.36. The van der Waals surface area contributed by atoms with Gasteiger partial charge in [0.15, 0.2) is 6.61 Å². The molecule has 0 spiro atoms. The molecule has 2 aromatic rings. The molecule has 1 saturated carbocycles. The number of anilines is 1. The number of rotatable bonds is 7. The fraction of sp³-hybridized carbons (Fsp3) is 0.429. The van der Waals surface area contributed by atoms with Crippen LogP contribution in [0, 0.1) is 5.92 Å². The smallest absolute Gasteiger partial charge is 0.340 e. The van der Waals surface area contributed by atoms with Crippen LogP contribution in [0.3, 0.4) is 0 Å². The maximum atomic E-state index is 12.4. The molecular formula is C21H26N2O4. The van der Waals surface area contributed by atoms with Gasteiger partial charge < -0.3 is 19.8 Å². The predicted molar refractivity (Wildman–Crippen MR) is 102 cm³/mol. The normalized spacial score (nSPS) is 19.3. The lowest BCUT2D eigenvalue weighted by molar-refractivity contribution is -0.125. The van der Waals surface area contributed by atoms with Crippen molar-refractivity contribution in [3.8, 4) is 0 Å². The van der Waals surface area contributed by atoms with Gasteiger partial charge in [-0.15, -0.1) is 0 Å². The van der Waals surface area contributed by atoms with Crippen LogP contribution in [0.25, 0.3) is 0 Å². The van der Waals surface area contributed by atoms with E-state index in [0.717, 1.165) is 25.0 Å². The molecule has 1 heterocycles. The highest BCUT2D eigenvalue weighted by atomic mass is 16.5. The van der Waals surface area contributed by atoms with Gasteiger partial charge >= 0.3 is 5.97 Å². The number of carbonyl (C=O) groups is 2. The molecule has 1 aliphatic carbocycles. The standard InChI is InChI=1S/C21H26N2O4/c1-15-7-2-4-10-18(15)23-20(24)14-27-21(25)17-9-3-5-11-19(17)22-13-16-8-6-12-26-16/h3,5-6,8-9,11-12,15,18,22H,2,4,7,10,13-14H2,1H3,(H,23,24)/t15-,18-/m1/s1. The molecule has 1 aliphatic rings. The summed E-state index contributed by atoms with van der Waals surface area (Å²) in [5.41, 5.74) is 1.03. The van der Waals surface area contributed by atoms with E-state index < -0.39 is 5.97 Å². The Labute approximate surface area is 159 Å². The number of para-hydroxylation sites is 1. The molecule has 1 aromatic carbocycles. The molecule has 0 radical (unpaired) electrons. The van der Waals surface area contributed by atoms with Crippen LogP contribution in [0.5, 0.6) is 0 Å². The van der Waals surface area contributed by atoms with Crippen LogP contribution in [0.4, 0.5) is 5.69 Å². The van der Waals surface area contributed by atoms with E-state index in [0.29, 0.717) is 23.7 Å². The second kappa shape index (κ2) is 9.26. The van der Waals surface area contributed by atoms with E-state index in [1.54, 1.807) is 24.5 Å². The highest BCUT2D eigenvalue weighted by Gasteiger charge is 2.23. The first kappa shape index (κ1) is 19.0. The van der Waals surface area contributed by atoms with Gasteiger partial charge in [-0.25, -0.2) is 4.79 Å². The van der Waals surface area contributed by atoms with Gasteiger partial charge in [-0.1, -0.05) is 31.9 Å². The van der Waals surface area contributed by atoms with Gasteiger partial charge in [-0.3, -0.25) is 4.79 Å². The van der Waals surface area contributed by atoms with E-state index in [9.17, 15) is 9.59 Å². The summed E-state index contributed by atoms with van der Waals surface area (Å²) in [7, 11) is 0. The molecule has 2 N–H and O–H groups in total. The Morgan fingerprint density at radius 2 is 1.96 bits per heavy atom. The fourth-order valence-electron chi connectivity index (χ4n) is 3.40. The minimum Gasteiger partial charge on any atom is -0.467 e. The maximum absolute atomic E-state index is 12.4. The second-order valence-corrected chi connectivity index (χ2v) is 6.99. The molecule has 1 fully saturated rings. The lowest BCUT2D eigenvalue weighted by atomic mass is 9.86. The Balaban J connectivity index is 1.52. The number of benzene rings is 1. The number of nitrogens with one attached hydrogen (secondary N) is 2. The average Bonchev–Trinajstić information content (AvgIpc) is 3.20. The minimum absolute atomic E-state index is 0.173. The molecule has 0 aliphatic heterocycles. The third-order valence-corrected chi connectivity index (χ3v) is 4.97. The SMILES string of the molecule is C[C@@H]1CCCC[C@H]1NC(=O)COC(=O)c1ccccc1NCc1ccco1. The molecule has 0 saturated heterocycles. The van der Waals surface area contributed by atoms with Crippen LogP contribution in [0.15, 0.2) is 47.1 Å². The first-order valence-electron chi connectivity index (χ1n) is 9.45. The van der Waals surface area contributed by atoms with Gasteiger partial charge in [0.1, 0.15) is 5.76 Å². The van der Waals surface area contributed by atoms with E-state index in [2.05, 4.69) is 17.6 Å². The summed E-state index contributed by atoms with van der Waals surface area (Å²) in [5.74, 6) is 0.455. The van der Waals surface area contributed by atoms with E-state index in [1.807, 2.05) is 18.2 Å². The summed E-state index contributed by atoms with van der Waals surface area (Å²) < 4.78 is 10.5. The summed E-state index contributed by atoms with van der Waals surface area (Å²) in [6, 6.07) is 10.9. The van der Waals surface area contributed by atoms with Crippen molar-refractivity contribution in [2.24, 2.45) is 5.92 Å². The van der Waals surface area contributed by atoms with Crippen LogP contribution < -0.4 is 10.6 Å². The molecular weight excluding hydrogens is 344 g/mol. The molecule has 2 atom stereocenters. The lowest BCUT2D eigenvalue weighted by Gasteiger charge is -2.29. The number of hydrogen-bond acceptors (Lipinski definition) is 5. The predicted octanol–water partition coefficient (Wildman–Crippen LogP) is 3.74. The van der Waals surface area contributed by atoms with E-state index >= 15 is 0 Å². The Bertz CT molecular complexity index is 757. The van der Waals surface area contributed by atoms with Crippen LogP contribution >= 0.6 is 0 Å². The minimum atomic E-state index is -0.524. The number of furan rings is 1. The van der Waals surface area contributed by atoms with Crippen LogP contribution in [0.1, 0.15) is 48.7 Å². The van der Waals surface area contributed by atoms with Crippen molar-refractivity contribution in [3.05, 3.63) is 54.0 Å². The Morgan fingerprint density at radius 1 is 1.15 bits per heavy atom. The zero-order chi connectivity index (χ0) is 19.1. The summed E-state index contributed by atoms with van der Waals surface area (Å²) in [5, 5.41) is 6.15. The number of esters is 1. The Hall–Kier alpha value is -2.76. The largest absolute Gasteiger partial charge is 0.467 e. The zero-order valence-electron chi connectivity index (χ0n) is 15.6. The molecule has 1 amide bonds. The van der Waals surface area contributed by atoms with Gasteiger partial charge in [0.2, 0.25) is 0 Å². The molecule has 144 valence electrons. The molecule has 0 unspecified atom stereocenters. The van der Waals surface area contributed by atoms with Crippen LogP contribution in [-0.2, 0) is 16.1 Å². The Morgan fingerprint density at radius 3 is 2.74 bits per heavy atom. The molecule has 3 rings (SSSR count). The van der Waals surface area contributed by atoms with Crippen molar-refractivity contribution >= 4 is 17.6 Å². The van der Waals surface area contributed by atoms with Gasteiger partial charge in [0.25, 0.3) is 5.91 Å². The van der Waals surface area contributed by atoms with E-state index in [1.165, 1.54) is 6.42 Å². The van der Waals surface area contributed by atoms with Crippen molar-refractivity contribution in [3.63, 3.8) is 0 Å². The van der Waals surface area contributed by atoms with E-state index in [4.69, 9.17) is 9.15 Å². The van der Waals surface area contributed by atoms with Gasteiger partial charge in [-0.05, 0) is 43.0 Å². The summed E-state index contributed by atoms with van der Waals surface area (Å²) >= 11 is 0. The molecule has 6 nitrogen and oxygen atoms in total. The monoisotopic (exact) mass is 370 g/mol. The molecule has 0 bridgehead atoms. The van der Waals surface area contributed by atoms with Crippen molar-refractivity contribution in [2.45, 2.75) is 45.2 Å². The highest BCUT2D eigenvalue weighted by molar-refractivity contribution is 5.96. The van der Waals surface area contributed by atoms with Crippen molar-refractivity contribution in [1.29, 1.82) is 0 Å². The highest BCUT2D eigenvalue weighted by Crippen LogP contribution is 2.23. The van der Waals surface area contributed by atoms with Crippen molar-refractivity contribution in [1.82, 2.24) is 5.32 Å². The molecule has 27 heavy (non-hydrogen) atoms. The topological polar surface area (TPSA) is 80.6 Å². The number of ether oxygens (including phenoxy) is 1. The number of hydrogen-bond donors (Lipinski definition) is 2. The molecule has 6 heteroatoms. The van der Waals surface area contributed by atoms with Crippen LogP contribution in [0.2, 0.25) is 0 Å². The molecule has 1 aromatic heterocycles. The van der Waals surface area contributed by atoms with Crippen molar-refractivity contribution in [2.75, 3.05) is 11.9 Å². The first-order chi connectivity index (χ1) is 13.1. The lowest BCUT2D eigenvalue weighted by Crippen LogP contribution is -2.42. The second-order valence-electron chi connectivity index (χ2n) is 6.99. The summed E-state index contributed by atoms with van der Waals surface area (Å²) in [4.78, 5) is 24.6. The zero-order valence-corrected chi connectivity index (χ0v) is 15.6. The van der Waals surface area contributed by atoms with E-state index in [-0.39, 0.29) is 18.6 Å². The summed E-state index contributed by atoms with van der Waals surface area (Å²) in [6.07, 6.45) is 6.05. The van der Waals surface area contributed by atoms with Crippen LogP contribution in [-0.4, -0.2) is 24.5 Å². The van der Waals surface area contributed by atoms with Gasteiger partial charge in [0, 0.05) is 11.7 Å². The quantitative estimate of drug-likeness (QED) is 0.726. The summed E-state index contributed by atoms with van der Waals surface area (Å²) in [6.45, 7) is 2.34. The average molecular weight is 370 g/mol. The maximum Gasteiger partial charge on any atom is 0.340 e. The number of amides is 1. The van der Waals surface area contributed by atoms with Gasteiger partial charge in [-0.2, -0.15) is 0 Å². The Kier molecular flexibility index (Phi) is 6.52. The van der Waals surface area contributed by atoms with Gasteiger partial charge in [0.05, 0.1) is 18.4 Å². The van der Waals surface area contributed by atoms with Crippen molar-refractivity contribution < 1.29 is 18.7 Å². The third-order valence-electron chi connectivity index (χ3n) is 4.97. The number of carbonyl (C=O) groups excluding carboxylic acids is 2. The fourth-order valence-corrected chi connectivity index (χ4v) is 3.40. The first-order valence-corrected chi connectivity index (χ1v) is 9.45.